The van der Waals surface area contributed by atoms with Gasteiger partial charge < -0.3 is 16.4 Å². The number of carbonyl (C=O) groups is 3. The molecule has 8 heteroatoms. The van der Waals surface area contributed by atoms with Crippen LogP contribution in [0, 0.1) is 0 Å². The number of aryl methyl sites for hydroxylation is 2. The summed E-state index contributed by atoms with van der Waals surface area (Å²) < 4.78 is 0. The van der Waals surface area contributed by atoms with Crippen molar-refractivity contribution in [3.8, 4) is 0 Å². The van der Waals surface area contributed by atoms with Crippen molar-refractivity contribution in [3.05, 3.63) is 58.7 Å². The molecule has 0 spiro atoms. The van der Waals surface area contributed by atoms with Gasteiger partial charge in [-0.2, -0.15) is 5.10 Å². The van der Waals surface area contributed by atoms with Gasteiger partial charge in [-0.25, -0.2) is 5.43 Å². The largest absolute Gasteiger partial charge is 0.329 e. The molecule has 2 aromatic rings. The predicted octanol–water partition coefficient (Wildman–Crippen LogP) is 2.60. The Labute approximate surface area is 193 Å². The topological polar surface area (TPSA) is 126 Å². The van der Waals surface area contributed by atoms with Gasteiger partial charge in [0.1, 0.15) is 0 Å². The molecule has 0 unspecified atom stereocenters. The fourth-order valence-corrected chi connectivity index (χ4v) is 5.18. The molecule has 0 fully saturated rings. The number of nitrogens with one attached hydrogen (secondary N) is 3. The van der Waals surface area contributed by atoms with Crippen LogP contribution in [0.15, 0.2) is 41.5 Å². The van der Waals surface area contributed by atoms with E-state index < -0.39 is 5.41 Å². The molecule has 172 valence electrons. The van der Waals surface area contributed by atoms with Crippen LogP contribution in [0.1, 0.15) is 54.9 Å². The minimum absolute atomic E-state index is 0.0652. The Kier molecular flexibility index (Phi) is 6.55. The minimum Gasteiger partial charge on any atom is -0.329 e. The molecule has 33 heavy (non-hydrogen) atoms. The summed E-state index contributed by atoms with van der Waals surface area (Å²) in [6.45, 7) is 1.99. The lowest BCUT2D eigenvalue weighted by molar-refractivity contribution is -0.119. The summed E-state index contributed by atoms with van der Waals surface area (Å²) in [6, 6.07) is 12.0. The van der Waals surface area contributed by atoms with E-state index in [0.29, 0.717) is 12.8 Å². The Morgan fingerprint density at radius 2 is 1.64 bits per heavy atom. The van der Waals surface area contributed by atoms with Gasteiger partial charge in [-0.15, -0.1) is 0 Å². The first kappa shape index (κ1) is 22.7. The van der Waals surface area contributed by atoms with E-state index in [4.69, 9.17) is 5.73 Å². The van der Waals surface area contributed by atoms with E-state index in [9.17, 15) is 14.4 Å². The Balaban J connectivity index is 1.94. The molecule has 1 heterocycles. The highest BCUT2D eigenvalue weighted by atomic mass is 16.2. The molecular formula is C25H29N5O3. The number of nitrogens with zero attached hydrogens (tertiary/aromatic N) is 1. The Morgan fingerprint density at radius 3 is 2.09 bits per heavy atom. The van der Waals surface area contributed by atoms with E-state index in [1.54, 1.807) is 0 Å². The van der Waals surface area contributed by atoms with Gasteiger partial charge in [0, 0.05) is 17.4 Å². The quantitative estimate of drug-likeness (QED) is 0.441. The number of hydrazone groups is 1. The van der Waals surface area contributed by atoms with Gasteiger partial charge in [0.2, 0.25) is 18.7 Å². The van der Waals surface area contributed by atoms with Gasteiger partial charge in [-0.05, 0) is 79.1 Å². The smallest absolute Gasteiger partial charge is 0.245 e. The summed E-state index contributed by atoms with van der Waals surface area (Å²) in [5.41, 5.74) is 14.7. The molecule has 0 radical (unpaired) electrons. The van der Waals surface area contributed by atoms with Crippen molar-refractivity contribution >= 4 is 35.8 Å². The summed E-state index contributed by atoms with van der Waals surface area (Å²) in [4.78, 5) is 34.4. The van der Waals surface area contributed by atoms with E-state index in [0.717, 1.165) is 71.4 Å². The fourth-order valence-electron chi connectivity index (χ4n) is 5.18. The lowest BCUT2D eigenvalue weighted by Gasteiger charge is -2.37. The third-order valence-electron chi connectivity index (χ3n) is 6.59. The van der Waals surface area contributed by atoms with Crippen LogP contribution in [0.25, 0.3) is 0 Å². The number of hydrogen-bond acceptors (Lipinski definition) is 5. The summed E-state index contributed by atoms with van der Waals surface area (Å²) in [5.74, 6) is -0.123. The third-order valence-corrected chi connectivity index (χ3v) is 6.59. The van der Waals surface area contributed by atoms with Crippen LogP contribution < -0.4 is 21.8 Å². The molecule has 8 nitrogen and oxygen atoms in total. The number of rotatable bonds is 9. The fraction of sp³-hybridized carbons (Fsp3) is 0.360. The van der Waals surface area contributed by atoms with Gasteiger partial charge in [0.15, 0.2) is 0 Å². The van der Waals surface area contributed by atoms with Crippen molar-refractivity contribution in [2.45, 2.75) is 56.9 Å². The van der Waals surface area contributed by atoms with Gasteiger partial charge in [-0.3, -0.25) is 14.4 Å². The lowest BCUT2D eigenvalue weighted by atomic mass is 9.65. The maximum Gasteiger partial charge on any atom is 0.245 e. The summed E-state index contributed by atoms with van der Waals surface area (Å²) in [5, 5.41) is 10.00. The number of hydrogen-bond donors (Lipinski definition) is 4. The Morgan fingerprint density at radius 1 is 1.06 bits per heavy atom. The van der Waals surface area contributed by atoms with Gasteiger partial charge in [-0.1, -0.05) is 18.6 Å². The third kappa shape index (κ3) is 4.39. The molecule has 1 aliphatic heterocycles. The molecule has 0 bridgehead atoms. The Hall–Kier alpha value is -3.52. The van der Waals surface area contributed by atoms with Gasteiger partial charge in [0.25, 0.3) is 0 Å². The highest BCUT2D eigenvalue weighted by molar-refractivity contribution is 6.12. The second-order valence-corrected chi connectivity index (χ2v) is 8.81. The second kappa shape index (κ2) is 9.54. The van der Waals surface area contributed by atoms with Crippen molar-refractivity contribution < 1.29 is 14.4 Å². The van der Waals surface area contributed by atoms with E-state index in [2.05, 4.69) is 21.2 Å². The van der Waals surface area contributed by atoms with E-state index in [1.807, 2.05) is 43.3 Å². The van der Waals surface area contributed by atoms with Crippen LogP contribution in [0.4, 0.5) is 11.4 Å². The predicted molar refractivity (Wildman–Crippen MR) is 128 cm³/mol. The van der Waals surface area contributed by atoms with Crippen molar-refractivity contribution in [1.29, 1.82) is 0 Å². The molecule has 5 N–H and O–H groups in total. The van der Waals surface area contributed by atoms with Crippen LogP contribution in [0.5, 0.6) is 0 Å². The zero-order valence-corrected chi connectivity index (χ0v) is 18.7. The number of nitrogens with two attached hydrogens (primary N) is 1. The number of benzene rings is 2. The number of carbonyl (C=O) groups excluding carboxylic acids is 3. The molecule has 0 saturated carbocycles. The number of amides is 3. The molecule has 2 aromatic carbocycles. The maximum atomic E-state index is 12.3. The van der Waals surface area contributed by atoms with Gasteiger partial charge >= 0.3 is 0 Å². The maximum absolute atomic E-state index is 12.3. The summed E-state index contributed by atoms with van der Waals surface area (Å²) >= 11 is 0. The SMILES string of the molecule is C[C@@H](N)CCCC1(C2=NNC(=O)C2)c2ccc(NC=O)cc2CCc2cc(NC=O)ccc21. The molecular weight excluding hydrogens is 418 g/mol. The van der Waals surface area contributed by atoms with Crippen LogP contribution >= 0.6 is 0 Å². The molecule has 4 rings (SSSR count). The van der Waals surface area contributed by atoms with Gasteiger partial charge in [0.05, 0.1) is 17.5 Å². The first-order chi connectivity index (χ1) is 16.0. The van der Waals surface area contributed by atoms with Crippen LogP contribution in [0.2, 0.25) is 0 Å². The van der Waals surface area contributed by atoms with Crippen LogP contribution in [0.3, 0.4) is 0 Å². The number of anilines is 2. The van der Waals surface area contributed by atoms with Crippen molar-refractivity contribution in [2.24, 2.45) is 10.8 Å². The van der Waals surface area contributed by atoms with Crippen LogP contribution in [-0.2, 0) is 32.6 Å². The van der Waals surface area contributed by atoms with Crippen molar-refractivity contribution in [2.75, 3.05) is 10.6 Å². The second-order valence-electron chi connectivity index (χ2n) is 8.81. The van der Waals surface area contributed by atoms with E-state index in [1.165, 1.54) is 0 Å². The highest BCUT2D eigenvalue weighted by Gasteiger charge is 2.45. The van der Waals surface area contributed by atoms with Crippen LogP contribution in [-0.4, -0.2) is 30.5 Å². The molecule has 0 saturated heterocycles. The van der Waals surface area contributed by atoms with E-state index in [-0.39, 0.29) is 18.4 Å². The Bertz CT molecular complexity index is 1050. The van der Waals surface area contributed by atoms with E-state index >= 15 is 0 Å². The molecule has 1 atom stereocenters. The zero-order chi connectivity index (χ0) is 23.4. The molecule has 3 amide bonds. The average Bonchev–Trinajstić information content (AvgIpc) is 3.17. The molecule has 0 aromatic heterocycles. The molecule has 2 aliphatic rings. The normalized spacial score (nSPS) is 17.0. The standard InChI is InChI=1S/C25H29N5O3/c1-16(26)3-2-10-25(23-13-24(33)30-29-23)21-8-6-19(27-14-31)11-17(21)4-5-18-12-20(28-15-32)7-9-22(18)25/h6-9,11-12,14-16H,2-5,10,13,26H2,1H3,(H,27,31)(H,28,32)(H,30,33)/t16-/m1/s1. The first-order valence-corrected chi connectivity index (χ1v) is 11.3. The molecule has 1 aliphatic carbocycles. The summed E-state index contributed by atoms with van der Waals surface area (Å²) in [6.07, 6.45) is 5.51. The van der Waals surface area contributed by atoms with Crippen molar-refractivity contribution in [3.63, 3.8) is 0 Å². The zero-order valence-electron chi connectivity index (χ0n) is 18.7. The lowest BCUT2D eigenvalue weighted by Crippen LogP contribution is -2.38. The monoisotopic (exact) mass is 447 g/mol. The summed E-state index contributed by atoms with van der Waals surface area (Å²) in [7, 11) is 0. The average molecular weight is 448 g/mol. The minimum atomic E-state index is -0.616. The number of fused-ring (bicyclic) bond motifs is 2. The van der Waals surface area contributed by atoms with Crippen molar-refractivity contribution in [1.82, 2.24) is 5.43 Å². The highest BCUT2D eigenvalue weighted by Crippen LogP contribution is 2.47. The first-order valence-electron chi connectivity index (χ1n) is 11.3.